The monoisotopic (exact) mass is 405 g/mol. The van der Waals surface area contributed by atoms with Crippen LogP contribution in [0.3, 0.4) is 0 Å². The highest BCUT2D eigenvalue weighted by Crippen LogP contribution is 2.34. The van der Waals surface area contributed by atoms with E-state index in [1.54, 1.807) is 14.2 Å². The summed E-state index contributed by atoms with van der Waals surface area (Å²) in [5.41, 5.74) is 3.82. The van der Waals surface area contributed by atoms with Gasteiger partial charge in [-0.05, 0) is 61.4 Å². The molecule has 2 aromatic carbocycles. The molecule has 0 radical (unpaired) electrons. The van der Waals surface area contributed by atoms with Crippen LogP contribution in [0.5, 0.6) is 11.5 Å². The Bertz CT molecular complexity index is 859. The Hall–Kier alpha value is -3.01. The van der Waals surface area contributed by atoms with Crippen LogP contribution in [0.4, 0.5) is 0 Å². The second kappa shape index (κ2) is 11.2. The summed E-state index contributed by atoms with van der Waals surface area (Å²) in [4.78, 5) is 0. The zero-order chi connectivity index (χ0) is 21.2. The molecule has 158 valence electrons. The first-order valence-corrected chi connectivity index (χ1v) is 10.7. The van der Waals surface area contributed by atoms with Crippen molar-refractivity contribution in [3.05, 3.63) is 60.2 Å². The molecule has 0 aliphatic carbocycles. The van der Waals surface area contributed by atoms with Gasteiger partial charge in [-0.1, -0.05) is 49.9 Å². The molecule has 0 aliphatic rings. The van der Waals surface area contributed by atoms with Crippen LogP contribution >= 0.6 is 0 Å². The van der Waals surface area contributed by atoms with Crippen LogP contribution in [0.2, 0.25) is 0 Å². The zero-order valence-electron chi connectivity index (χ0n) is 18.2. The average Bonchev–Trinajstić information content (AvgIpc) is 3.22. The van der Waals surface area contributed by atoms with Crippen molar-refractivity contribution < 1.29 is 14.0 Å². The molecule has 0 saturated heterocycles. The predicted molar refractivity (Wildman–Crippen MR) is 123 cm³/mol. The lowest BCUT2D eigenvalue weighted by Crippen LogP contribution is -1.86. The summed E-state index contributed by atoms with van der Waals surface area (Å²) in [6, 6.07) is 15.8. The minimum absolute atomic E-state index is 0.769. The molecule has 4 heteroatoms. The maximum Gasteiger partial charge on any atom is 0.174 e. The second-order valence-corrected chi connectivity index (χ2v) is 7.34. The van der Waals surface area contributed by atoms with Crippen molar-refractivity contribution in [1.29, 1.82) is 0 Å². The first-order chi connectivity index (χ1) is 14.8. The van der Waals surface area contributed by atoms with E-state index in [9.17, 15) is 0 Å². The Morgan fingerprint density at radius 2 is 1.40 bits per heavy atom. The third-order valence-corrected chi connectivity index (χ3v) is 5.20. The quantitative estimate of drug-likeness (QED) is 0.312. The van der Waals surface area contributed by atoms with E-state index in [-0.39, 0.29) is 0 Å². The summed E-state index contributed by atoms with van der Waals surface area (Å²) in [7, 11) is 3.33. The van der Waals surface area contributed by atoms with Crippen LogP contribution in [0.15, 0.2) is 59.1 Å². The molecule has 0 fully saturated rings. The molecule has 0 unspecified atom stereocenters. The smallest absolute Gasteiger partial charge is 0.174 e. The molecule has 1 heterocycles. The van der Waals surface area contributed by atoms with Gasteiger partial charge in [0.2, 0.25) is 0 Å². The van der Waals surface area contributed by atoms with Crippen molar-refractivity contribution in [3.8, 4) is 34.1 Å². The molecular weight excluding hydrogens is 374 g/mol. The van der Waals surface area contributed by atoms with Crippen LogP contribution in [-0.2, 0) is 0 Å². The van der Waals surface area contributed by atoms with Crippen molar-refractivity contribution >= 4 is 6.08 Å². The molecule has 0 amide bonds. The van der Waals surface area contributed by atoms with Gasteiger partial charge in [0.25, 0.3) is 0 Å². The Kier molecular flexibility index (Phi) is 8.13. The van der Waals surface area contributed by atoms with Gasteiger partial charge in [-0.25, -0.2) is 0 Å². The number of unbranched alkanes of at least 4 members (excludes halogenated alkanes) is 5. The number of nitrogens with zero attached hydrogens (tertiary/aromatic N) is 1. The van der Waals surface area contributed by atoms with Crippen molar-refractivity contribution in [3.63, 3.8) is 0 Å². The molecule has 1 aromatic heterocycles. The van der Waals surface area contributed by atoms with Crippen molar-refractivity contribution in [2.45, 2.75) is 45.4 Å². The average molecular weight is 406 g/mol. The fourth-order valence-corrected chi connectivity index (χ4v) is 3.43. The molecule has 0 aliphatic heterocycles. The summed E-state index contributed by atoms with van der Waals surface area (Å²) >= 11 is 0. The van der Waals surface area contributed by atoms with Gasteiger partial charge in [-0.3, -0.25) is 0 Å². The summed E-state index contributed by atoms with van der Waals surface area (Å²) in [5.74, 6) is 2.41. The first-order valence-electron chi connectivity index (χ1n) is 10.7. The number of methoxy groups -OCH3 is 2. The first kappa shape index (κ1) is 21.7. The van der Waals surface area contributed by atoms with Gasteiger partial charge in [-0.15, -0.1) is 0 Å². The van der Waals surface area contributed by atoms with E-state index in [0.29, 0.717) is 0 Å². The Morgan fingerprint density at radius 3 is 2.00 bits per heavy atom. The highest BCUT2D eigenvalue weighted by Gasteiger charge is 2.17. The van der Waals surface area contributed by atoms with Crippen molar-refractivity contribution in [2.75, 3.05) is 14.2 Å². The molecular formula is C26H31NO3. The minimum Gasteiger partial charge on any atom is -0.497 e. The van der Waals surface area contributed by atoms with Crippen LogP contribution in [0.1, 0.15) is 51.0 Å². The molecule has 0 bridgehead atoms. The van der Waals surface area contributed by atoms with Gasteiger partial charge >= 0.3 is 0 Å². The van der Waals surface area contributed by atoms with E-state index in [0.717, 1.165) is 46.1 Å². The van der Waals surface area contributed by atoms with E-state index in [1.807, 2.05) is 48.5 Å². The van der Waals surface area contributed by atoms with E-state index >= 15 is 0 Å². The Labute approximate surface area is 179 Å². The summed E-state index contributed by atoms with van der Waals surface area (Å²) in [6.45, 7) is 2.24. The van der Waals surface area contributed by atoms with Gasteiger partial charge < -0.3 is 14.0 Å². The molecule has 30 heavy (non-hydrogen) atoms. The lowest BCUT2D eigenvalue weighted by Gasteiger charge is -2.04. The highest BCUT2D eigenvalue weighted by molar-refractivity contribution is 5.81. The fraction of sp³-hybridized carbons (Fsp3) is 0.346. The molecule has 0 N–H and O–H groups in total. The van der Waals surface area contributed by atoms with E-state index in [1.165, 1.54) is 32.1 Å². The van der Waals surface area contributed by atoms with Crippen LogP contribution < -0.4 is 9.47 Å². The molecule has 3 rings (SSSR count). The zero-order valence-corrected chi connectivity index (χ0v) is 18.2. The van der Waals surface area contributed by atoms with Crippen LogP contribution in [-0.4, -0.2) is 19.4 Å². The molecule has 0 spiro atoms. The lowest BCUT2D eigenvalue weighted by molar-refractivity contribution is 0.414. The number of aromatic nitrogens is 1. The molecule has 4 nitrogen and oxygen atoms in total. The number of hydrogen-bond donors (Lipinski definition) is 0. The maximum atomic E-state index is 5.80. The Balaban J connectivity index is 1.87. The number of allylic oxidation sites excluding steroid dienone is 1. The third kappa shape index (κ3) is 5.53. The second-order valence-electron chi connectivity index (χ2n) is 7.34. The van der Waals surface area contributed by atoms with E-state index in [4.69, 9.17) is 14.0 Å². The molecule has 3 aromatic rings. The standard InChI is InChI=1S/C26H31NO3/c1-4-5-6-7-8-9-10-11-24-25(20-12-16-22(28-2)17-13-20)27-30-26(24)21-14-18-23(29-3)19-15-21/h10-19H,4-9H2,1-3H3/b11-10+. The van der Waals surface area contributed by atoms with Gasteiger partial charge in [0.15, 0.2) is 5.76 Å². The van der Waals surface area contributed by atoms with Crippen LogP contribution in [0, 0.1) is 0 Å². The summed E-state index contributed by atoms with van der Waals surface area (Å²) in [6.07, 6.45) is 11.8. The normalized spacial score (nSPS) is 11.2. The summed E-state index contributed by atoms with van der Waals surface area (Å²) < 4.78 is 16.4. The van der Waals surface area contributed by atoms with E-state index < -0.39 is 0 Å². The van der Waals surface area contributed by atoms with Gasteiger partial charge in [0, 0.05) is 11.1 Å². The van der Waals surface area contributed by atoms with Crippen LogP contribution in [0.25, 0.3) is 28.7 Å². The highest BCUT2D eigenvalue weighted by atomic mass is 16.5. The molecule has 0 saturated carbocycles. The van der Waals surface area contributed by atoms with E-state index in [2.05, 4.69) is 24.2 Å². The number of benzene rings is 2. The SMILES string of the molecule is CCCCCCC/C=C/c1c(-c2ccc(OC)cc2)noc1-c1ccc(OC)cc1. The maximum absolute atomic E-state index is 5.80. The van der Waals surface area contributed by atoms with Crippen molar-refractivity contribution in [2.24, 2.45) is 0 Å². The van der Waals surface area contributed by atoms with Gasteiger partial charge in [0.05, 0.1) is 19.8 Å². The topological polar surface area (TPSA) is 44.5 Å². The van der Waals surface area contributed by atoms with Gasteiger partial charge in [-0.2, -0.15) is 0 Å². The lowest BCUT2D eigenvalue weighted by atomic mass is 10.0. The predicted octanol–water partition coefficient (Wildman–Crippen LogP) is 7.40. The number of hydrogen-bond acceptors (Lipinski definition) is 4. The third-order valence-electron chi connectivity index (χ3n) is 5.20. The number of ether oxygens (including phenoxy) is 2. The summed E-state index contributed by atoms with van der Waals surface area (Å²) in [5, 5.41) is 4.40. The van der Waals surface area contributed by atoms with Gasteiger partial charge in [0.1, 0.15) is 17.2 Å². The molecule has 0 atom stereocenters. The minimum atomic E-state index is 0.769. The van der Waals surface area contributed by atoms with Crippen molar-refractivity contribution in [1.82, 2.24) is 5.16 Å². The fourth-order valence-electron chi connectivity index (χ4n) is 3.43. The Morgan fingerprint density at radius 1 is 0.800 bits per heavy atom. The number of rotatable bonds is 11. The largest absolute Gasteiger partial charge is 0.497 e.